The molecule has 5 aromatic rings. The number of aromatic amines is 1. The van der Waals surface area contributed by atoms with E-state index in [-0.39, 0.29) is 29.5 Å². The summed E-state index contributed by atoms with van der Waals surface area (Å²) in [6, 6.07) is 6.31. The van der Waals surface area contributed by atoms with Crippen molar-refractivity contribution in [3.05, 3.63) is 82.0 Å². The van der Waals surface area contributed by atoms with Gasteiger partial charge in [0.25, 0.3) is 0 Å². The molecular weight excluding hydrogens is 432 g/mol. The number of hydrogen-bond donors (Lipinski definition) is 1. The number of imidazole rings is 2. The molecule has 0 amide bonds. The van der Waals surface area contributed by atoms with Gasteiger partial charge in [-0.15, -0.1) is 0 Å². The summed E-state index contributed by atoms with van der Waals surface area (Å²) in [5.74, 6) is -1.42. The Morgan fingerprint density at radius 2 is 2.09 bits per heavy atom. The van der Waals surface area contributed by atoms with Crippen LogP contribution in [0.15, 0.2) is 47.7 Å². The smallest absolute Gasteiger partial charge is 0.328 e. The van der Waals surface area contributed by atoms with Crippen LogP contribution in [0.2, 0.25) is 0 Å². The lowest BCUT2D eigenvalue weighted by molar-refractivity contribution is 0.242. The second-order valence-corrected chi connectivity index (χ2v) is 7.57. The summed E-state index contributed by atoms with van der Waals surface area (Å²) in [6.07, 6.45) is 3.32. The number of H-pyrrole nitrogens is 1. The zero-order valence-corrected chi connectivity index (χ0v) is 16.8. The van der Waals surface area contributed by atoms with Crippen molar-refractivity contribution in [3.63, 3.8) is 0 Å². The highest BCUT2D eigenvalue weighted by Gasteiger charge is 2.30. The summed E-state index contributed by atoms with van der Waals surface area (Å²) in [5, 5.41) is 0. The van der Waals surface area contributed by atoms with Gasteiger partial charge in [0.1, 0.15) is 17.7 Å². The molecule has 0 saturated carbocycles. The first-order valence-electron chi connectivity index (χ1n) is 9.97. The van der Waals surface area contributed by atoms with Crippen LogP contribution in [-0.4, -0.2) is 35.7 Å². The lowest BCUT2D eigenvalue weighted by Crippen LogP contribution is -2.28. The number of nitrogens with zero attached hydrogens (tertiary/aromatic N) is 6. The Labute approximate surface area is 183 Å². The fourth-order valence-corrected chi connectivity index (χ4v) is 4.21. The molecule has 0 aliphatic carbocycles. The molecule has 9 nitrogen and oxygen atoms in total. The van der Waals surface area contributed by atoms with E-state index in [1.165, 1.54) is 23.2 Å². The van der Waals surface area contributed by atoms with E-state index in [9.17, 15) is 13.6 Å². The van der Waals surface area contributed by atoms with E-state index in [0.717, 1.165) is 6.07 Å². The topological polar surface area (TPSA) is 95.0 Å². The van der Waals surface area contributed by atoms with Crippen LogP contribution < -0.4 is 10.4 Å². The predicted molar refractivity (Wildman–Crippen MR) is 114 cm³/mol. The number of fused-ring (bicyclic) bond motifs is 3. The predicted octanol–water partition coefficient (Wildman–Crippen LogP) is 3.66. The molecule has 1 unspecified atom stereocenters. The normalized spacial score (nSPS) is 15.4. The van der Waals surface area contributed by atoms with Crippen molar-refractivity contribution in [1.29, 1.82) is 0 Å². The maximum atomic E-state index is 14.3. The maximum Gasteiger partial charge on any atom is 0.328 e. The van der Waals surface area contributed by atoms with Gasteiger partial charge in [0.15, 0.2) is 22.9 Å². The van der Waals surface area contributed by atoms with E-state index in [2.05, 4.69) is 24.8 Å². The first-order chi connectivity index (χ1) is 16.0. The minimum Gasteiger partial charge on any atom is -0.490 e. The van der Waals surface area contributed by atoms with Crippen molar-refractivity contribution < 1.29 is 13.5 Å². The molecule has 3 aromatic heterocycles. The Bertz CT molecular complexity index is 1680. The van der Waals surface area contributed by atoms with Gasteiger partial charge in [-0.25, -0.2) is 28.4 Å². The van der Waals surface area contributed by atoms with E-state index >= 15 is 0 Å². The standard InChI is InChI=1S/C22H13F2N7O2/c1-25-12-2-3-15-18(8-12)30(10-27-15)21-26-9-16-20(29-21)31(22(32)28-16)17-4-5-33-19-13(17)6-11(23)7-14(19)24/h2-3,6-10,17H,4-5H2,(H,28,32). The summed E-state index contributed by atoms with van der Waals surface area (Å²) in [6.45, 7) is 7.40. The second kappa shape index (κ2) is 6.96. The minimum absolute atomic E-state index is 0.0737. The number of benzene rings is 2. The van der Waals surface area contributed by atoms with Gasteiger partial charge in [0.05, 0.1) is 36.5 Å². The molecule has 0 radical (unpaired) electrons. The largest absolute Gasteiger partial charge is 0.490 e. The Balaban J connectivity index is 1.56. The zero-order chi connectivity index (χ0) is 22.7. The van der Waals surface area contributed by atoms with Gasteiger partial charge in [-0.05, 0) is 18.2 Å². The third kappa shape index (κ3) is 2.88. The van der Waals surface area contributed by atoms with Crippen molar-refractivity contribution in [2.75, 3.05) is 6.61 Å². The molecule has 2 aromatic carbocycles. The van der Waals surface area contributed by atoms with Crippen LogP contribution in [0.25, 0.3) is 33.0 Å². The Hall–Kier alpha value is -4.59. The van der Waals surface area contributed by atoms with E-state index in [1.54, 1.807) is 22.8 Å². The monoisotopic (exact) mass is 445 g/mol. The third-order valence-electron chi connectivity index (χ3n) is 5.67. The molecule has 0 saturated heterocycles. The number of aromatic nitrogens is 6. The van der Waals surface area contributed by atoms with Crippen molar-refractivity contribution in [1.82, 2.24) is 29.1 Å². The van der Waals surface area contributed by atoms with Crippen LogP contribution in [0.4, 0.5) is 14.5 Å². The van der Waals surface area contributed by atoms with Gasteiger partial charge >= 0.3 is 5.69 Å². The first kappa shape index (κ1) is 19.1. The lowest BCUT2D eigenvalue weighted by Gasteiger charge is -2.27. The summed E-state index contributed by atoms with van der Waals surface area (Å²) >= 11 is 0. The van der Waals surface area contributed by atoms with Gasteiger partial charge in [-0.3, -0.25) is 9.13 Å². The van der Waals surface area contributed by atoms with Crippen molar-refractivity contribution >= 4 is 27.9 Å². The van der Waals surface area contributed by atoms with E-state index in [1.807, 2.05) is 0 Å². The van der Waals surface area contributed by atoms with E-state index < -0.39 is 23.4 Å². The van der Waals surface area contributed by atoms with Crippen LogP contribution in [0.3, 0.4) is 0 Å². The van der Waals surface area contributed by atoms with Crippen LogP contribution in [0, 0.1) is 18.2 Å². The number of hydrogen-bond acceptors (Lipinski definition) is 5. The molecule has 0 bridgehead atoms. The number of rotatable bonds is 2. The molecule has 1 N–H and O–H groups in total. The van der Waals surface area contributed by atoms with Gasteiger partial charge in [-0.2, -0.15) is 4.98 Å². The van der Waals surface area contributed by atoms with Crippen molar-refractivity contribution in [3.8, 4) is 11.7 Å². The summed E-state index contributed by atoms with van der Waals surface area (Å²) in [7, 11) is 0. The van der Waals surface area contributed by atoms with Gasteiger partial charge in [-0.1, -0.05) is 6.07 Å². The van der Waals surface area contributed by atoms with Crippen LogP contribution >= 0.6 is 0 Å². The molecule has 6 rings (SSSR count). The molecule has 11 heteroatoms. The van der Waals surface area contributed by atoms with Crippen LogP contribution in [0.1, 0.15) is 18.0 Å². The number of nitrogens with one attached hydrogen (secondary N) is 1. The van der Waals surface area contributed by atoms with Crippen LogP contribution in [-0.2, 0) is 0 Å². The lowest BCUT2D eigenvalue weighted by atomic mass is 10.00. The molecular formula is C22H13F2N7O2. The number of halogens is 2. The molecule has 1 aliphatic heterocycles. The molecule has 1 atom stereocenters. The molecule has 0 fully saturated rings. The minimum atomic E-state index is -0.821. The highest BCUT2D eigenvalue weighted by atomic mass is 19.1. The average molecular weight is 445 g/mol. The SMILES string of the molecule is [C-]#[N+]c1ccc2ncn(-c3ncc4[nH]c(=O)n(C5CCOc6c(F)cc(F)cc65)c4n3)c2c1. The quantitative estimate of drug-likeness (QED) is 0.419. The number of ether oxygens (including phenoxy) is 1. The average Bonchev–Trinajstić information content (AvgIpc) is 3.37. The van der Waals surface area contributed by atoms with Gasteiger partial charge < -0.3 is 9.72 Å². The maximum absolute atomic E-state index is 14.3. The Morgan fingerprint density at radius 3 is 2.94 bits per heavy atom. The van der Waals surface area contributed by atoms with E-state index in [0.29, 0.717) is 28.7 Å². The van der Waals surface area contributed by atoms with Crippen molar-refractivity contribution in [2.45, 2.75) is 12.5 Å². The van der Waals surface area contributed by atoms with Crippen molar-refractivity contribution in [2.24, 2.45) is 0 Å². The highest BCUT2D eigenvalue weighted by Crippen LogP contribution is 2.37. The van der Waals surface area contributed by atoms with Gasteiger partial charge in [0.2, 0.25) is 5.95 Å². The summed E-state index contributed by atoms with van der Waals surface area (Å²) in [4.78, 5) is 32.2. The van der Waals surface area contributed by atoms with Gasteiger partial charge in [0, 0.05) is 18.1 Å². The first-order valence-corrected chi connectivity index (χ1v) is 9.97. The summed E-state index contributed by atoms with van der Waals surface area (Å²) in [5.41, 5.74) is 2.12. The Kier molecular flexibility index (Phi) is 4.03. The molecule has 162 valence electrons. The second-order valence-electron chi connectivity index (χ2n) is 7.57. The highest BCUT2D eigenvalue weighted by molar-refractivity contribution is 5.81. The summed E-state index contributed by atoms with van der Waals surface area (Å²) < 4.78 is 36.7. The molecule has 0 spiro atoms. The fraction of sp³-hybridized carbons (Fsp3) is 0.136. The molecule has 4 heterocycles. The molecule has 1 aliphatic rings. The Morgan fingerprint density at radius 1 is 1.21 bits per heavy atom. The van der Waals surface area contributed by atoms with E-state index in [4.69, 9.17) is 11.3 Å². The molecule has 33 heavy (non-hydrogen) atoms. The van der Waals surface area contributed by atoms with Crippen LogP contribution in [0.5, 0.6) is 5.75 Å². The fourth-order valence-electron chi connectivity index (χ4n) is 4.21. The third-order valence-corrected chi connectivity index (χ3v) is 5.67. The zero-order valence-electron chi connectivity index (χ0n) is 16.8.